The van der Waals surface area contributed by atoms with Crippen LogP contribution in [0.2, 0.25) is 0 Å². The summed E-state index contributed by atoms with van der Waals surface area (Å²) in [5, 5.41) is 9.77. The lowest BCUT2D eigenvalue weighted by Crippen LogP contribution is -2.56. The first-order valence-corrected chi connectivity index (χ1v) is 11.0. The summed E-state index contributed by atoms with van der Waals surface area (Å²) in [7, 11) is 0. The van der Waals surface area contributed by atoms with Crippen molar-refractivity contribution >= 4 is 23.9 Å². The molecule has 4 saturated carbocycles. The fraction of sp³-hybridized carbons (Fsp3) is 0.826. The van der Waals surface area contributed by atoms with Crippen LogP contribution in [0.15, 0.2) is 0 Å². The molecule has 4 fully saturated rings. The van der Waals surface area contributed by atoms with E-state index in [1.165, 1.54) is 0 Å². The predicted molar refractivity (Wildman–Crippen MR) is 109 cm³/mol. The minimum atomic E-state index is -1.81. The van der Waals surface area contributed by atoms with Crippen molar-refractivity contribution in [3.63, 3.8) is 0 Å². The van der Waals surface area contributed by atoms with Crippen LogP contribution < -0.4 is 0 Å². The van der Waals surface area contributed by atoms with Crippen molar-refractivity contribution in [2.24, 2.45) is 29.1 Å². The van der Waals surface area contributed by atoms with E-state index in [0.29, 0.717) is 25.2 Å². The zero-order chi connectivity index (χ0) is 23.4. The van der Waals surface area contributed by atoms with Crippen LogP contribution in [0.1, 0.15) is 73.6 Å². The molecule has 0 amide bonds. The first-order valence-electron chi connectivity index (χ1n) is 11.0. The molecule has 1 N–H and O–H groups in total. The Morgan fingerprint density at radius 3 is 1.68 bits per heavy atom. The molecular weight excluding hydrogens is 404 g/mol. The highest BCUT2D eigenvalue weighted by Crippen LogP contribution is 2.62. The van der Waals surface area contributed by atoms with Crippen LogP contribution in [0.5, 0.6) is 0 Å². The molecule has 0 aromatic carbocycles. The smallest absolute Gasteiger partial charge is 0.359 e. The fourth-order valence-electron chi connectivity index (χ4n) is 5.77. The molecule has 2 atom stereocenters. The van der Waals surface area contributed by atoms with Crippen LogP contribution >= 0.6 is 0 Å². The number of esters is 3. The van der Waals surface area contributed by atoms with E-state index in [1.807, 2.05) is 0 Å². The highest BCUT2D eigenvalue weighted by Gasteiger charge is 2.61. The van der Waals surface area contributed by atoms with Crippen LogP contribution in [0.3, 0.4) is 0 Å². The van der Waals surface area contributed by atoms with Crippen molar-refractivity contribution in [2.45, 2.75) is 91.0 Å². The lowest BCUT2D eigenvalue weighted by atomic mass is 9.46. The first kappa shape index (κ1) is 23.5. The summed E-state index contributed by atoms with van der Waals surface area (Å²) in [5.41, 5.74) is -2.51. The summed E-state index contributed by atoms with van der Waals surface area (Å²) in [6.07, 6.45) is 1.26. The van der Waals surface area contributed by atoms with Gasteiger partial charge in [-0.15, -0.1) is 0 Å². The number of hydrogen-bond donors (Lipinski definition) is 1. The third-order valence-electron chi connectivity index (χ3n) is 6.47. The number of carbonyl (C=O) groups excluding carboxylic acids is 3. The van der Waals surface area contributed by atoms with Crippen molar-refractivity contribution in [3.05, 3.63) is 0 Å². The summed E-state index contributed by atoms with van der Waals surface area (Å²) < 4.78 is 16.0. The third-order valence-corrected chi connectivity index (χ3v) is 6.47. The van der Waals surface area contributed by atoms with Crippen LogP contribution in [-0.4, -0.2) is 46.3 Å². The first-order chi connectivity index (χ1) is 14.1. The molecule has 174 valence electrons. The Hall–Kier alpha value is -2.12. The molecule has 0 radical (unpaired) electrons. The van der Waals surface area contributed by atoms with Gasteiger partial charge in [-0.25, -0.2) is 9.59 Å². The quantitative estimate of drug-likeness (QED) is 0.395. The number of ether oxygens (including phenoxy) is 3. The number of aliphatic carboxylic acids is 1. The van der Waals surface area contributed by atoms with E-state index in [4.69, 9.17) is 14.2 Å². The fourth-order valence-corrected chi connectivity index (χ4v) is 5.77. The number of carbonyl (C=O) groups is 4. The maximum absolute atomic E-state index is 13.2. The molecule has 0 aromatic heterocycles. The summed E-state index contributed by atoms with van der Waals surface area (Å²) in [4.78, 5) is 50.4. The maximum atomic E-state index is 13.2. The van der Waals surface area contributed by atoms with Crippen LogP contribution in [-0.2, 0) is 33.4 Å². The number of rotatable bonds is 5. The molecule has 0 saturated heterocycles. The summed E-state index contributed by atoms with van der Waals surface area (Å²) in [5.74, 6) is -3.83. The SMILES string of the molecule is CC(C)(C)OC(=O)C(OC(=O)C1C2CC3CC1CC(C(=O)O)(C3)C2)C(=O)OC(C)(C)C. The molecule has 0 heterocycles. The van der Waals surface area contributed by atoms with Crippen molar-refractivity contribution in [2.75, 3.05) is 0 Å². The van der Waals surface area contributed by atoms with Crippen molar-refractivity contribution in [3.8, 4) is 0 Å². The second kappa shape index (κ2) is 7.78. The Balaban J connectivity index is 1.78. The summed E-state index contributed by atoms with van der Waals surface area (Å²) in [6.45, 7) is 9.93. The van der Waals surface area contributed by atoms with Crippen molar-refractivity contribution in [1.29, 1.82) is 0 Å². The monoisotopic (exact) mass is 438 g/mol. The minimum absolute atomic E-state index is 0.118. The van der Waals surface area contributed by atoms with Gasteiger partial charge in [-0.2, -0.15) is 0 Å². The van der Waals surface area contributed by atoms with Crippen LogP contribution in [0.4, 0.5) is 0 Å². The topological polar surface area (TPSA) is 116 Å². The maximum Gasteiger partial charge on any atom is 0.359 e. The second-order valence-corrected chi connectivity index (χ2v) is 11.5. The molecular formula is C23H34O8. The minimum Gasteiger partial charge on any atom is -0.481 e. The summed E-state index contributed by atoms with van der Waals surface area (Å²) >= 11 is 0. The van der Waals surface area contributed by atoms with Crippen LogP contribution in [0.25, 0.3) is 0 Å². The standard InChI is InChI=1S/C23H34O8/c1-21(2,3)30-18(25)16(19(26)31-22(4,5)6)29-17(24)15-13-7-12-8-14(15)11-23(9-12,10-13)20(27)28/h12-16H,7-11H2,1-6H3,(H,27,28). The van der Waals surface area contributed by atoms with E-state index in [-0.39, 0.29) is 11.8 Å². The molecule has 4 aliphatic rings. The van der Waals surface area contributed by atoms with Gasteiger partial charge in [0.2, 0.25) is 0 Å². The molecule has 8 nitrogen and oxygen atoms in total. The normalized spacial score (nSPS) is 32.0. The molecule has 8 heteroatoms. The number of carboxylic acid groups (broad SMARTS) is 1. The predicted octanol–water partition coefficient (Wildman–Crippen LogP) is 3.11. The van der Waals surface area contributed by atoms with Gasteiger partial charge in [-0.3, -0.25) is 9.59 Å². The lowest BCUT2D eigenvalue weighted by Gasteiger charge is -2.57. The Kier molecular flexibility index (Phi) is 5.91. The highest BCUT2D eigenvalue weighted by atomic mass is 16.6. The van der Waals surface area contributed by atoms with E-state index in [9.17, 15) is 24.3 Å². The average molecular weight is 439 g/mol. The zero-order valence-corrected chi connectivity index (χ0v) is 19.2. The van der Waals surface area contributed by atoms with E-state index in [0.717, 1.165) is 12.8 Å². The Morgan fingerprint density at radius 1 is 0.839 bits per heavy atom. The van der Waals surface area contributed by atoms with E-state index in [1.54, 1.807) is 41.5 Å². The van der Waals surface area contributed by atoms with Gasteiger partial charge >= 0.3 is 23.9 Å². The lowest BCUT2D eigenvalue weighted by molar-refractivity contribution is -0.199. The van der Waals surface area contributed by atoms with Crippen molar-refractivity contribution < 1.29 is 38.5 Å². The molecule has 0 aromatic rings. The molecule has 4 bridgehead atoms. The molecule has 31 heavy (non-hydrogen) atoms. The third kappa shape index (κ3) is 5.04. The Morgan fingerprint density at radius 2 is 1.29 bits per heavy atom. The van der Waals surface area contributed by atoms with E-state index in [2.05, 4.69) is 0 Å². The van der Waals surface area contributed by atoms with E-state index >= 15 is 0 Å². The average Bonchev–Trinajstić information content (AvgIpc) is 2.55. The van der Waals surface area contributed by atoms with Gasteiger partial charge in [0, 0.05) is 0 Å². The van der Waals surface area contributed by atoms with Gasteiger partial charge in [0.1, 0.15) is 11.2 Å². The number of hydrogen-bond acceptors (Lipinski definition) is 7. The second-order valence-electron chi connectivity index (χ2n) is 11.5. The highest BCUT2D eigenvalue weighted by molar-refractivity contribution is 6.00. The Bertz CT molecular complexity index is 727. The molecule has 4 aliphatic carbocycles. The Labute approximate surface area is 183 Å². The molecule has 4 rings (SSSR count). The van der Waals surface area contributed by atoms with Crippen molar-refractivity contribution in [1.82, 2.24) is 0 Å². The molecule has 0 aliphatic heterocycles. The largest absolute Gasteiger partial charge is 0.481 e. The van der Waals surface area contributed by atoms with Gasteiger partial charge in [0.05, 0.1) is 11.3 Å². The number of carboxylic acids is 1. The van der Waals surface area contributed by atoms with Gasteiger partial charge in [-0.05, 0) is 91.4 Å². The van der Waals surface area contributed by atoms with Gasteiger partial charge in [0.25, 0.3) is 6.10 Å². The van der Waals surface area contributed by atoms with Gasteiger partial charge < -0.3 is 19.3 Å². The van der Waals surface area contributed by atoms with Gasteiger partial charge in [0.15, 0.2) is 0 Å². The molecule has 0 spiro atoms. The van der Waals surface area contributed by atoms with Gasteiger partial charge in [-0.1, -0.05) is 0 Å². The summed E-state index contributed by atoms with van der Waals surface area (Å²) in [6, 6.07) is 0. The zero-order valence-electron chi connectivity index (χ0n) is 19.2. The molecule has 2 unspecified atom stereocenters. The van der Waals surface area contributed by atoms with E-state index < -0.39 is 52.5 Å². The van der Waals surface area contributed by atoms with Crippen LogP contribution in [0, 0.1) is 29.1 Å².